The van der Waals surface area contributed by atoms with Gasteiger partial charge in [-0.3, -0.25) is 5.84 Å². The van der Waals surface area contributed by atoms with E-state index in [0.29, 0.717) is 0 Å². The Hall–Kier alpha value is -1.16. The van der Waals surface area contributed by atoms with Gasteiger partial charge in [0.1, 0.15) is 0 Å². The third-order valence-electron chi connectivity index (χ3n) is 3.40. The maximum Gasteiger partial charge on any atom is 0.0710 e. The number of halogens is 1. The number of hydrazine groups is 1. The van der Waals surface area contributed by atoms with E-state index in [1.807, 2.05) is 0 Å². The molecule has 0 spiro atoms. The van der Waals surface area contributed by atoms with Crippen LogP contribution in [0.5, 0.6) is 0 Å². The van der Waals surface area contributed by atoms with Crippen molar-refractivity contribution >= 4 is 15.9 Å². The van der Waals surface area contributed by atoms with Gasteiger partial charge >= 0.3 is 0 Å². The van der Waals surface area contributed by atoms with Crippen molar-refractivity contribution in [3.63, 3.8) is 0 Å². The van der Waals surface area contributed by atoms with Crippen molar-refractivity contribution in [1.29, 1.82) is 0 Å². The van der Waals surface area contributed by atoms with Gasteiger partial charge < -0.3 is 0 Å². The first kappa shape index (κ1) is 14.3. The molecule has 0 saturated carbocycles. The van der Waals surface area contributed by atoms with Gasteiger partial charge in [0.05, 0.1) is 6.04 Å². The topological polar surface area (TPSA) is 38.0 Å². The molecule has 0 aliphatic rings. The molecule has 2 aromatic rings. The Morgan fingerprint density at radius 3 is 2.26 bits per heavy atom. The largest absolute Gasteiger partial charge is 0.271 e. The Morgan fingerprint density at radius 1 is 1.11 bits per heavy atom. The Morgan fingerprint density at radius 2 is 1.74 bits per heavy atom. The smallest absolute Gasteiger partial charge is 0.0710 e. The summed E-state index contributed by atoms with van der Waals surface area (Å²) in [6.45, 7) is 4.24. The van der Waals surface area contributed by atoms with Crippen LogP contribution in [-0.4, -0.2) is 0 Å². The van der Waals surface area contributed by atoms with Crippen molar-refractivity contribution in [1.82, 2.24) is 5.43 Å². The van der Waals surface area contributed by atoms with Gasteiger partial charge in [-0.25, -0.2) is 5.43 Å². The minimum absolute atomic E-state index is 0.0257. The fourth-order valence-corrected chi connectivity index (χ4v) is 2.42. The second-order valence-electron chi connectivity index (χ2n) is 4.70. The van der Waals surface area contributed by atoms with Crippen LogP contribution >= 0.6 is 15.9 Å². The average molecular weight is 319 g/mol. The number of aryl methyl sites for hydroxylation is 2. The molecule has 0 radical (unpaired) electrons. The maximum atomic E-state index is 5.73. The molecular weight excluding hydrogens is 300 g/mol. The Labute approximate surface area is 123 Å². The molecule has 0 aliphatic heterocycles. The molecular formula is C16H19BrN2. The van der Waals surface area contributed by atoms with E-state index in [9.17, 15) is 0 Å². The van der Waals surface area contributed by atoms with E-state index in [-0.39, 0.29) is 6.04 Å². The summed E-state index contributed by atoms with van der Waals surface area (Å²) in [5.74, 6) is 5.73. The summed E-state index contributed by atoms with van der Waals surface area (Å²) < 4.78 is 1.12. The molecule has 100 valence electrons. The van der Waals surface area contributed by atoms with Gasteiger partial charge in [0.2, 0.25) is 0 Å². The minimum atomic E-state index is 0.0257. The van der Waals surface area contributed by atoms with E-state index in [4.69, 9.17) is 5.84 Å². The van der Waals surface area contributed by atoms with Crippen LogP contribution in [0, 0.1) is 6.92 Å². The van der Waals surface area contributed by atoms with Gasteiger partial charge in [-0.2, -0.15) is 0 Å². The van der Waals surface area contributed by atoms with Gasteiger partial charge in [0.15, 0.2) is 0 Å². The lowest BCUT2D eigenvalue weighted by molar-refractivity contribution is 0.636. The SMILES string of the molecule is CCc1ccc(C(NN)c2ccc(Br)c(C)c2)cc1. The van der Waals surface area contributed by atoms with Gasteiger partial charge in [0, 0.05) is 4.47 Å². The first-order valence-corrected chi connectivity index (χ1v) is 7.26. The molecule has 1 atom stereocenters. The van der Waals surface area contributed by atoms with Crippen LogP contribution in [0.4, 0.5) is 0 Å². The van der Waals surface area contributed by atoms with Crippen molar-refractivity contribution < 1.29 is 0 Å². The van der Waals surface area contributed by atoms with Crippen molar-refractivity contribution in [3.05, 3.63) is 69.2 Å². The highest BCUT2D eigenvalue weighted by atomic mass is 79.9. The summed E-state index contributed by atoms with van der Waals surface area (Å²) in [6, 6.07) is 14.9. The summed E-state index contributed by atoms with van der Waals surface area (Å²) in [6.07, 6.45) is 1.05. The lowest BCUT2D eigenvalue weighted by atomic mass is 9.97. The molecule has 0 fully saturated rings. The van der Waals surface area contributed by atoms with Crippen LogP contribution in [0.3, 0.4) is 0 Å². The van der Waals surface area contributed by atoms with Crippen molar-refractivity contribution in [3.8, 4) is 0 Å². The van der Waals surface area contributed by atoms with Crippen LogP contribution in [0.15, 0.2) is 46.9 Å². The van der Waals surface area contributed by atoms with Crippen LogP contribution in [0.25, 0.3) is 0 Å². The Kier molecular flexibility index (Phi) is 4.75. The second kappa shape index (κ2) is 6.33. The highest BCUT2D eigenvalue weighted by Gasteiger charge is 2.12. The molecule has 0 aromatic heterocycles. The number of hydrogen-bond acceptors (Lipinski definition) is 2. The maximum absolute atomic E-state index is 5.73. The quantitative estimate of drug-likeness (QED) is 0.663. The number of nitrogens with one attached hydrogen (secondary N) is 1. The van der Waals surface area contributed by atoms with Crippen LogP contribution < -0.4 is 11.3 Å². The lowest BCUT2D eigenvalue weighted by Crippen LogP contribution is -2.28. The molecule has 3 heteroatoms. The predicted molar refractivity (Wildman–Crippen MR) is 83.9 cm³/mol. The first-order chi connectivity index (χ1) is 9.15. The van der Waals surface area contributed by atoms with E-state index in [1.165, 1.54) is 22.3 Å². The van der Waals surface area contributed by atoms with Crippen molar-refractivity contribution in [2.75, 3.05) is 0 Å². The normalized spacial score (nSPS) is 12.4. The molecule has 2 rings (SSSR count). The fraction of sp³-hybridized carbons (Fsp3) is 0.250. The zero-order valence-electron chi connectivity index (χ0n) is 11.3. The standard InChI is InChI=1S/C16H19BrN2/c1-3-12-4-6-13(7-5-12)16(19-18)14-8-9-15(17)11(2)10-14/h4-10,16,19H,3,18H2,1-2H3. The van der Waals surface area contributed by atoms with Crippen molar-refractivity contribution in [2.24, 2.45) is 5.84 Å². The predicted octanol–water partition coefficient (Wildman–Crippen LogP) is 3.87. The Bertz CT molecular complexity index is 549. The molecule has 2 nitrogen and oxygen atoms in total. The third kappa shape index (κ3) is 3.24. The van der Waals surface area contributed by atoms with Gasteiger partial charge in [0.25, 0.3) is 0 Å². The Balaban J connectivity index is 2.34. The molecule has 2 aromatic carbocycles. The van der Waals surface area contributed by atoms with Crippen LogP contribution in [0.2, 0.25) is 0 Å². The number of rotatable bonds is 4. The van der Waals surface area contributed by atoms with E-state index in [1.54, 1.807) is 0 Å². The summed E-state index contributed by atoms with van der Waals surface area (Å²) in [4.78, 5) is 0. The summed E-state index contributed by atoms with van der Waals surface area (Å²) >= 11 is 3.52. The molecule has 1 unspecified atom stereocenters. The van der Waals surface area contributed by atoms with E-state index in [2.05, 4.69) is 77.7 Å². The highest BCUT2D eigenvalue weighted by molar-refractivity contribution is 9.10. The van der Waals surface area contributed by atoms with Gasteiger partial charge in [-0.05, 0) is 41.7 Å². The monoisotopic (exact) mass is 318 g/mol. The zero-order chi connectivity index (χ0) is 13.8. The van der Waals surface area contributed by atoms with E-state index in [0.717, 1.165) is 10.9 Å². The highest BCUT2D eigenvalue weighted by Crippen LogP contribution is 2.25. The zero-order valence-corrected chi connectivity index (χ0v) is 12.9. The van der Waals surface area contributed by atoms with Gasteiger partial charge in [-0.15, -0.1) is 0 Å². The summed E-state index contributed by atoms with van der Waals surface area (Å²) in [7, 11) is 0. The first-order valence-electron chi connectivity index (χ1n) is 6.46. The van der Waals surface area contributed by atoms with Gasteiger partial charge in [-0.1, -0.05) is 59.3 Å². The summed E-state index contributed by atoms with van der Waals surface area (Å²) in [5, 5.41) is 0. The molecule has 0 saturated heterocycles. The molecule has 0 heterocycles. The number of benzene rings is 2. The summed E-state index contributed by atoms with van der Waals surface area (Å²) in [5.41, 5.74) is 7.81. The molecule has 0 aliphatic carbocycles. The minimum Gasteiger partial charge on any atom is -0.271 e. The average Bonchev–Trinajstić information content (AvgIpc) is 2.44. The molecule has 3 N–H and O–H groups in total. The number of hydrogen-bond donors (Lipinski definition) is 2. The fourth-order valence-electron chi connectivity index (χ4n) is 2.18. The van der Waals surface area contributed by atoms with Crippen LogP contribution in [0.1, 0.15) is 35.2 Å². The number of nitrogens with two attached hydrogens (primary N) is 1. The van der Waals surface area contributed by atoms with E-state index < -0.39 is 0 Å². The van der Waals surface area contributed by atoms with Crippen molar-refractivity contribution in [2.45, 2.75) is 26.3 Å². The van der Waals surface area contributed by atoms with E-state index >= 15 is 0 Å². The second-order valence-corrected chi connectivity index (χ2v) is 5.56. The molecule has 0 amide bonds. The van der Waals surface area contributed by atoms with Crippen LogP contribution in [-0.2, 0) is 6.42 Å². The molecule has 19 heavy (non-hydrogen) atoms. The third-order valence-corrected chi connectivity index (χ3v) is 4.29. The lowest BCUT2D eigenvalue weighted by Gasteiger charge is -2.18. The molecule has 0 bridgehead atoms.